The summed E-state index contributed by atoms with van der Waals surface area (Å²) < 4.78 is 1.79. The largest absolute Gasteiger partial charge is 0.309 e. The molecule has 0 radical (unpaired) electrons. The molecule has 4 nitrogen and oxygen atoms in total. The number of hydrogen-bond donors (Lipinski definition) is 0. The summed E-state index contributed by atoms with van der Waals surface area (Å²) in [5, 5.41) is 1.14. The van der Waals surface area contributed by atoms with Gasteiger partial charge in [0.2, 0.25) is 5.82 Å². The molecule has 4 rings (SSSR count). The predicted molar refractivity (Wildman–Crippen MR) is 99.6 cm³/mol. The van der Waals surface area contributed by atoms with Crippen molar-refractivity contribution in [2.45, 2.75) is 13.0 Å². The summed E-state index contributed by atoms with van der Waals surface area (Å²) >= 11 is 12.5. The number of anilines is 1. The quantitative estimate of drug-likeness (QED) is 0.682. The SMILES string of the molecule is O=C1c2nc(Cc3ccccc3)c(Cl)n2CCN1c1cccc(Cl)c1. The van der Waals surface area contributed by atoms with E-state index in [9.17, 15) is 4.79 Å². The number of halogens is 2. The van der Waals surface area contributed by atoms with Gasteiger partial charge in [-0.25, -0.2) is 4.98 Å². The fourth-order valence-electron chi connectivity index (χ4n) is 3.06. The van der Waals surface area contributed by atoms with E-state index in [0.29, 0.717) is 35.5 Å². The third-order valence-corrected chi connectivity index (χ3v) is 4.95. The van der Waals surface area contributed by atoms with E-state index in [1.54, 1.807) is 21.6 Å². The molecule has 126 valence electrons. The maximum Gasteiger partial charge on any atom is 0.294 e. The summed E-state index contributed by atoms with van der Waals surface area (Å²) in [7, 11) is 0. The van der Waals surface area contributed by atoms with Gasteiger partial charge < -0.3 is 9.47 Å². The van der Waals surface area contributed by atoms with Gasteiger partial charge >= 0.3 is 0 Å². The zero-order chi connectivity index (χ0) is 17.4. The lowest BCUT2D eigenvalue weighted by atomic mass is 10.1. The number of aromatic nitrogens is 2. The third kappa shape index (κ3) is 3.03. The zero-order valence-corrected chi connectivity index (χ0v) is 14.8. The number of benzene rings is 2. The summed E-state index contributed by atoms with van der Waals surface area (Å²) in [6, 6.07) is 17.2. The zero-order valence-electron chi connectivity index (χ0n) is 13.3. The first-order valence-electron chi connectivity index (χ1n) is 8.00. The number of amides is 1. The van der Waals surface area contributed by atoms with Crippen LogP contribution < -0.4 is 4.90 Å². The van der Waals surface area contributed by atoms with Crippen molar-refractivity contribution in [3.63, 3.8) is 0 Å². The smallest absolute Gasteiger partial charge is 0.294 e. The highest BCUT2D eigenvalue weighted by Crippen LogP contribution is 2.28. The maximum absolute atomic E-state index is 12.9. The van der Waals surface area contributed by atoms with Gasteiger partial charge in [-0.15, -0.1) is 0 Å². The molecule has 2 aromatic carbocycles. The molecule has 0 spiro atoms. The molecule has 0 atom stereocenters. The van der Waals surface area contributed by atoms with Crippen LogP contribution in [0.15, 0.2) is 54.6 Å². The monoisotopic (exact) mass is 371 g/mol. The first-order chi connectivity index (χ1) is 12.1. The van der Waals surface area contributed by atoms with E-state index < -0.39 is 0 Å². The molecule has 1 aromatic heterocycles. The number of rotatable bonds is 3. The van der Waals surface area contributed by atoms with Crippen LogP contribution in [0.1, 0.15) is 21.9 Å². The Morgan fingerprint density at radius 2 is 1.80 bits per heavy atom. The van der Waals surface area contributed by atoms with E-state index in [1.165, 1.54) is 0 Å². The molecule has 0 bridgehead atoms. The van der Waals surface area contributed by atoms with Gasteiger partial charge in [0.05, 0.1) is 5.69 Å². The van der Waals surface area contributed by atoms with Crippen LogP contribution in [-0.4, -0.2) is 22.0 Å². The third-order valence-electron chi connectivity index (χ3n) is 4.29. The minimum atomic E-state index is -0.158. The Kier molecular flexibility index (Phi) is 4.24. The van der Waals surface area contributed by atoms with Crippen LogP contribution >= 0.6 is 23.2 Å². The first kappa shape index (κ1) is 16.2. The lowest BCUT2D eigenvalue weighted by molar-refractivity contribution is 0.0959. The first-order valence-corrected chi connectivity index (χ1v) is 8.75. The van der Waals surface area contributed by atoms with Crippen molar-refractivity contribution in [1.29, 1.82) is 0 Å². The molecule has 1 aliphatic heterocycles. The molecule has 2 heterocycles. The molecule has 0 aliphatic carbocycles. The van der Waals surface area contributed by atoms with Gasteiger partial charge in [0.1, 0.15) is 5.15 Å². The second-order valence-corrected chi connectivity index (χ2v) is 6.72. The van der Waals surface area contributed by atoms with Crippen molar-refractivity contribution < 1.29 is 4.79 Å². The average Bonchev–Trinajstić information content (AvgIpc) is 2.93. The second kappa shape index (κ2) is 6.54. The molecule has 1 aliphatic rings. The molecule has 0 fully saturated rings. The van der Waals surface area contributed by atoms with Gasteiger partial charge in [-0.2, -0.15) is 0 Å². The molecular formula is C19H15Cl2N3O. The topological polar surface area (TPSA) is 38.1 Å². The Balaban J connectivity index is 1.66. The van der Waals surface area contributed by atoms with Crippen LogP contribution in [0.5, 0.6) is 0 Å². The van der Waals surface area contributed by atoms with Gasteiger partial charge in [0, 0.05) is 30.2 Å². The van der Waals surface area contributed by atoms with Gasteiger partial charge in [-0.1, -0.05) is 59.6 Å². The van der Waals surface area contributed by atoms with Crippen molar-refractivity contribution >= 4 is 34.8 Å². The van der Waals surface area contributed by atoms with Gasteiger partial charge in [-0.05, 0) is 23.8 Å². The van der Waals surface area contributed by atoms with E-state index in [1.807, 2.05) is 42.5 Å². The van der Waals surface area contributed by atoms with E-state index in [0.717, 1.165) is 16.9 Å². The summed E-state index contributed by atoms with van der Waals surface area (Å²) in [5.41, 5.74) is 2.61. The lowest BCUT2D eigenvalue weighted by Crippen LogP contribution is -2.40. The summed E-state index contributed by atoms with van der Waals surface area (Å²) in [5.74, 6) is 0.219. The van der Waals surface area contributed by atoms with Crippen LogP contribution in [-0.2, 0) is 13.0 Å². The van der Waals surface area contributed by atoms with Crippen molar-refractivity contribution in [3.8, 4) is 0 Å². The molecule has 3 aromatic rings. The van der Waals surface area contributed by atoms with Crippen LogP contribution in [0.25, 0.3) is 0 Å². The lowest BCUT2D eigenvalue weighted by Gasteiger charge is -2.27. The number of fused-ring (bicyclic) bond motifs is 1. The average molecular weight is 372 g/mol. The molecule has 6 heteroatoms. The van der Waals surface area contributed by atoms with Crippen LogP contribution in [0.2, 0.25) is 10.2 Å². The normalized spacial score (nSPS) is 13.8. The van der Waals surface area contributed by atoms with Crippen LogP contribution in [0.4, 0.5) is 5.69 Å². The Hall–Kier alpha value is -2.30. The van der Waals surface area contributed by atoms with Gasteiger partial charge in [-0.3, -0.25) is 4.79 Å². The summed E-state index contributed by atoms with van der Waals surface area (Å²) in [6.07, 6.45) is 0.601. The van der Waals surface area contributed by atoms with Crippen LogP contribution in [0, 0.1) is 0 Å². The maximum atomic E-state index is 12.9. The predicted octanol–water partition coefficient (Wildman–Crippen LogP) is 4.44. The number of imidazole rings is 1. The van der Waals surface area contributed by atoms with Crippen molar-refractivity contribution in [2.24, 2.45) is 0 Å². The fraction of sp³-hybridized carbons (Fsp3) is 0.158. The number of nitrogens with zero attached hydrogens (tertiary/aromatic N) is 3. The molecule has 1 amide bonds. The van der Waals surface area contributed by atoms with Crippen molar-refractivity contribution in [1.82, 2.24) is 9.55 Å². The molecular weight excluding hydrogens is 357 g/mol. The summed E-state index contributed by atoms with van der Waals surface area (Å²) in [6.45, 7) is 1.14. The van der Waals surface area contributed by atoms with Crippen LogP contribution in [0.3, 0.4) is 0 Å². The van der Waals surface area contributed by atoms with Crippen molar-refractivity contribution in [2.75, 3.05) is 11.4 Å². The highest BCUT2D eigenvalue weighted by molar-refractivity contribution is 6.31. The number of carbonyl (C=O) groups is 1. The Labute approximate surface area is 155 Å². The number of carbonyl (C=O) groups excluding carboxylic acids is 1. The highest BCUT2D eigenvalue weighted by atomic mass is 35.5. The van der Waals surface area contributed by atoms with Gasteiger partial charge in [0.15, 0.2) is 0 Å². The summed E-state index contributed by atoms with van der Waals surface area (Å²) in [4.78, 5) is 19.1. The second-order valence-electron chi connectivity index (χ2n) is 5.92. The minimum Gasteiger partial charge on any atom is -0.309 e. The molecule has 0 saturated heterocycles. The standard InChI is InChI=1S/C19H15Cl2N3O/c20-14-7-4-8-15(12-14)23-9-10-24-17(21)16(22-18(24)19(23)25)11-13-5-2-1-3-6-13/h1-8,12H,9-11H2. The Morgan fingerprint density at radius 3 is 2.56 bits per heavy atom. The van der Waals surface area contributed by atoms with E-state index in [4.69, 9.17) is 23.2 Å². The van der Waals surface area contributed by atoms with E-state index in [2.05, 4.69) is 4.98 Å². The minimum absolute atomic E-state index is 0.158. The Morgan fingerprint density at radius 1 is 1.00 bits per heavy atom. The molecule has 0 N–H and O–H groups in total. The van der Waals surface area contributed by atoms with E-state index in [-0.39, 0.29) is 5.91 Å². The molecule has 25 heavy (non-hydrogen) atoms. The van der Waals surface area contributed by atoms with E-state index >= 15 is 0 Å². The molecule has 0 unspecified atom stereocenters. The Bertz CT molecular complexity index is 937. The fourth-order valence-corrected chi connectivity index (χ4v) is 3.52. The molecule has 0 saturated carbocycles. The van der Waals surface area contributed by atoms with Gasteiger partial charge in [0.25, 0.3) is 5.91 Å². The highest BCUT2D eigenvalue weighted by Gasteiger charge is 2.30. The van der Waals surface area contributed by atoms with Crippen molar-refractivity contribution in [3.05, 3.63) is 81.9 Å². The number of hydrogen-bond acceptors (Lipinski definition) is 2.